The topological polar surface area (TPSA) is 12.0 Å². The molecule has 1 aliphatic heterocycles. The van der Waals surface area contributed by atoms with Gasteiger partial charge in [0.1, 0.15) is 5.82 Å². The van der Waals surface area contributed by atoms with Crippen LogP contribution < -0.4 is 5.32 Å². The molecule has 1 aliphatic rings. The smallest absolute Gasteiger partial charge is 0.123 e. The van der Waals surface area contributed by atoms with Crippen molar-refractivity contribution in [3.63, 3.8) is 0 Å². The van der Waals surface area contributed by atoms with Gasteiger partial charge in [0.2, 0.25) is 0 Å². The van der Waals surface area contributed by atoms with Crippen molar-refractivity contribution in [2.24, 2.45) is 0 Å². The standard InChI is InChI=1S/C11H14FN/c1-2-8-6-13-7-9-5-10(12)3-4-11(8)9/h3-5,8,13H,2,6-7H2,1H3. The van der Waals surface area contributed by atoms with E-state index in [1.807, 2.05) is 6.07 Å². The average molecular weight is 179 g/mol. The van der Waals surface area contributed by atoms with Crippen molar-refractivity contribution in [3.05, 3.63) is 35.1 Å². The van der Waals surface area contributed by atoms with Crippen molar-refractivity contribution in [2.75, 3.05) is 6.54 Å². The van der Waals surface area contributed by atoms with Crippen LogP contribution in [0.5, 0.6) is 0 Å². The molecule has 13 heavy (non-hydrogen) atoms. The van der Waals surface area contributed by atoms with Gasteiger partial charge in [-0.3, -0.25) is 0 Å². The predicted octanol–water partition coefficient (Wildman–Crippen LogP) is 2.42. The van der Waals surface area contributed by atoms with Crippen LogP contribution in [0.4, 0.5) is 4.39 Å². The first kappa shape index (κ1) is 8.70. The minimum absolute atomic E-state index is 0.127. The second-order valence-electron chi connectivity index (χ2n) is 3.58. The number of nitrogens with one attached hydrogen (secondary N) is 1. The Kier molecular flexibility index (Phi) is 2.32. The molecule has 0 aromatic heterocycles. The lowest BCUT2D eigenvalue weighted by atomic mass is 9.89. The number of hydrogen-bond acceptors (Lipinski definition) is 1. The number of halogens is 1. The molecule has 1 unspecified atom stereocenters. The molecule has 1 N–H and O–H groups in total. The van der Waals surface area contributed by atoms with Crippen LogP contribution in [-0.2, 0) is 6.54 Å². The van der Waals surface area contributed by atoms with Crippen LogP contribution in [0.3, 0.4) is 0 Å². The van der Waals surface area contributed by atoms with Gasteiger partial charge in [-0.2, -0.15) is 0 Å². The van der Waals surface area contributed by atoms with E-state index in [4.69, 9.17) is 0 Å². The first-order valence-electron chi connectivity index (χ1n) is 4.80. The van der Waals surface area contributed by atoms with E-state index in [9.17, 15) is 4.39 Å². The van der Waals surface area contributed by atoms with E-state index in [0.717, 1.165) is 25.1 Å². The first-order valence-corrected chi connectivity index (χ1v) is 4.80. The van der Waals surface area contributed by atoms with Crippen molar-refractivity contribution in [1.82, 2.24) is 5.32 Å². The third kappa shape index (κ3) is 1.59. The van der Waals surface area contributed by atoms with Gasteiger partial charge in [0.05, 0.1) is 0 Å². The maximum absolute atomic E-state index is 12.9. The summed E-state index contributed by atoms with van der Waals surface area (Å²) in [6, 6.07) is 5.14. The average Bonchev–Trinajstić information content (AvgIpc) is 2.16. The lowest BCUT2D eigenvalue weighted by Gasteiger charge is -2.25. The zero-order chi connectivity index (χ0) is 9.26. The van der Waals surface area contributed by atoms with E-state index in [-0.39, 0.29) is 5.82 Å². The van der Waals surface area contributed by atoms with Crippen molar-refractivity contribution in [1.29, 1.82) is 0 Å². The lowest BCUT2D eigenvalue weighted by Crippen LogP contribution is -2.27. The Morgan fingerprint density at radius 3 is 3.15 bits per heavy atom. The van der Waals surface area contributed by atoms with Gasteiger partial charge in [0.15, 0.2) is 0 Å². The Bertz CT molecular complexity index is 309. The highest BCUT2D eigenvalue weighted by Gasteiger charge is 2.17. The molecule has 0 radical (unpaired) electrons. The summed E-state index contributed by atoms with van der Waals surface area (Å²) in [5.41, 5.74) is 2.45. The van der Waals surface area contributed by atoms with Crippen LogP contribution in [0, 0.1) is 5.82 Å². The van der Waals surface area contributed by atoms with Crippen molar-refractivity contribution >= 4 is 0 Å². The summed E-state index contributed by atoms with van der Waals surface area (Å²) in [7, 11) is 0. The van der Waals surface area contributed by atoms with Gasteiger partial charge in [-0.15, -0.1) is 0 Å². The van der Waals surface area contributed by atoms with Crippen molar-refractivity contribution in [2.45, 2.75) is 25.8 Å². The van der Waals surface area contributed by atoms with Crippen molar-refractivity contribution in [3.8, 4) is 0 Å². The highest BCUT2D eigenvalue weighted by atomic mass is 19.1. The molecule has 2 rings (SSSR count). The molecule has 1 atom stereocenters. The second kappa shape index (κ2) is 3.46. The fourth-order valence-electron chi connectivity index (χ4n) is 1.98. The van der Waals surface area contributed by atoms with Gasteiger partial charge in [0, 0.05) is 13.1 Å². The third-order valence-electron chi connectivity index (χ3n) is 2.74. The Hall–Kier alpha value is -0.890. The molecule has 2 heteroatoms. The van der Waals surface area contributed by atoms with E-state index < -0.39 is 0 Å². The van der Waals surface area contributed by atoms with Crippen LogP contribution in [0.15, 0.2) is 18.2 Å². The monoisotopic (exact) mass is 179 g/mol. The fourth-order valence-corrected chi connectivity index (χ4v) is 1.98. The fraction of sp³-hybridized carbons (Fsp3) is 0.455. The Labute approximate surface area is 78.0 Å². The van der Waals surface area contributed by atoms with Gasteiger partial charge in [-0.05, 0) is 35.6 Å². The van der Waals surface area contributed by atoms with E-state index in [2.05, 4.69) is 12.2 Å². The maximum atomic E-state index is 12.9. The molecule has 70 valence electrons. The predicted molar refractivity (Wildman–Crippen MR) is 51.1 cm³/mol. The minimum Gasteiger partial charge on any atom is -0.312 e. The molecule has 0 amide bonds. The number of fused-ring (bicyclic) bond motifs is 1. The van der Waals surface area contributed by atoms with Gasteiger partial charge in [0.25, 0.3) is 0 Å². The van der Waals surface area contributed by atoms with Crippen LogP contribution in [0.25, 0.3) is 0 Å². The lowest BCUT2D eigenvalue weighted by molar-refractivity contribution is 0.524. The molecule has 1 aromatic carbocycles. The molecule has 0 aliphatic carbocycles. The molecule has 0 saturated heterocycles. The molecule has 0 fully saturated rings. The van der Waals surface area contributed by atoms with Crippen LogP contribution in [0.2, 0.25) is 0 Å². The Morgan fingerprint density at radius 1 is 1.54 bits per heavy atom. The number of rotatable bonds is 1. The van der Waals surface area contributed by atoms with Gasteiger partial charge < -0.3 is 5.32 Å². The highest BCUT2D eigenvalue weighted by Crippen LogP contribution is 2.26. The normalized spacial score (nSPS) is 21.2. The molecule has 1 nitrogen and oxygen atoms in total. The summed E-state index contributed by atoms with van der Waals surface area (Å²) < 4.78 is 12.9. The van der Waals surface area contributed by atoms with E-state index in [0.29, 0.717) is 5.92 Å². The van der Waals surface area contributed by atoms with Gasteiger partial charge >= 0.3 is 0 Å². The Balaban J connectivity index is 2.40. The summed E-state index contributed by atoms with van der Waals surface area (Å²) in [6.45, 7) is 4.00. The van der Waals surface area contributed by atoms with Crippen LogP contribution in [-0.4, -0.2) is 6.54 Å². The van der Waals surface area contributed by atoms with Gasteiger partial charge in [-0.1, -0.05) is 13.0 Å². The minimum atomic E-state index is -0.127. The zero-order valence-electron chi connectivity index (χ0n) is 7.81. The number of benzene rings is 1. The van der Waals surface area contributed by atoms with Gasteiger partial charge in [-0.25, -0.2) is 4.39 Å². The zero-order valence-corrected chi connectivity index (χ0v) is 7.81. The van der Waals surface area contributed by atoms with Crippen molar-refractivity contribution < 1.29 is 4.39 Å². The molecular formula is C11H14FN. The summed E-state index contributed by atoms with van der Waals surface area (Å²) in [5, 5.41) is 3.30. The largest absolute Gasteiger partial charge is 0.312 e. The molecule has 0 spiro atoms. The highest BCUT2D eigenvalue weighted by molar-refractivity contribution is 5.33. The summed E-state index contributed by atoms with van der Waals surface area (Å²) in [4.78, 5) is 0. The molecule has 1 heterocycles. The SMILES string of the molecule is CCC1CNCc2cc(F)ccc21. The number of hydrogen-bond donors (Lipinski definition) is 1. The first-order chi connectivity index (χ1) is 6.31. The Morgan fingerprint density at radius 2 is 2.38 bits per heavy atom. The second-order valence-corrected chi connectivity index (χ2v) is 3.58. The van der Waals surface area contributed by atoms with E-state index in [1.165, 1.54) is 5.56 Å². The molecule has 1 aromatic rings. The van der Waals surface area contributed by atoms with Crippen LogP contribution >= 0.6 is 0 Å². The quantitative estimate of drug-likeness (QED) is 0.698. The summed E-state index contributed by atoms with van der Waals surface area (Å²) >= 11 is 0. The van der Waals surface area contributed by atoms with Crippen LogP contribution in [0.1, 0.15) is 30.4 Å². The molecular weight excluding hydrogens is 165 g/mol. The van der Waals surface area contributed by atoms with E-state index >= 15 is 0 Å². The summed E-state index contributed by atoms with van der Waals surface area (Å²) in [5.74, 6) is 0.432. The molecule has 0 saturated carbocycles. The maximum Gasteiger partial charge on any atom is 0.123 e. The third-order valence-corrected chi connectivity index (χ3v) is 2.74. The molecule has 0 bridgehead atoms. The summed E-state index contributed by atoms with van der Waals surface area (Å²) in [6.07, 6.45) is 1.12. The van der Waals surface area contributed by atoms with E-state index in [1.54, 1.807) is 12.1 Å².